The molecule has 0 saturated carbocycles. The van der Waals surface area contributed by atoms with Crippen LogP contribution in [0.25, 0.3) is 78.4 Å². The largest absolute Gasteiger partial charge is 0.455 e. The van der Waals surface area contributed by atoms with Crippen LogP contribution in [-0.4, -0.2) is 15.0 Å². The third kappa shape index (κ3) is 5.07. The van der Waals surface area contributed by atoms with Gasteiger partial charge in [0.25, 0.3) is 0 Å². The van der Waals surface area contributed by atoms with E-state index in [0.717, 1.165) is 49.7 Å². The zero-order chi connectivity index (χ0) is 31.7. The molecule has 218 valence electrons. The predicted octanol–water partition coefficient (Wildman–Crippen LogP) is 9.85. The predicted molar refractivity (Wildman–Crippen MR) is 184 cm³/mol. The summed E-state index contributed by atoms with van der Waals surface area (Å²) >= 11 is 0. The first-order chi connectivity index (χ1) is 23.2. The molecular weight excluding hydrogens is 578 g/mol. The summed E-state index contributed by atoms with van der Waals surface area (Å²) in [7, 11) is 0. The summed E-state index contributed by atoms with van der Waals surface area (Å²) in [4.78, 5) is 14.9. The van der Waals surface area contributed by atoms with Gasteiger partial charge in [0, 0.05) is 33.0 Å². The highest BCUT2D eigenvalue weighted by molar-refractivity contribution is 6.16. The van der Waals surface area contributed by atoms with Crippen LogP contribution in [0.2, 0.25) is 0 Å². The molecule has 0 spiro atoms. The molecule has 2 aromatic heterocycles. The molecule has 0 fully saturated rings. The summed E-state index contributed by atoms with van der Waals surface area (Å²) in [6, 6.07) is 49.4. The van der Waals surface area contributed by atoms with Gasteiger partial charge in [0.15, 0.2) is 17.5 Å². The summed E-state index contributed by atoms with van der Waals surface area (Å²) < 4.78 is 6.63. The van der Waals surface area contributed by atoms with Crippen molar-refractivity contribution in [1.82, 2.24) is 15.0 Å². The average Bonchev–Trinajstić information content (AvgIpc) is 3.54. The molecule has 0 radical (unpaired) electrons. The fraction of sp³-hybridized carbons (Fsp3) is 0. The summed E-state index contributed by atoms with van der Waals surface area (Å²) in [5.74, 6) is 1.67. The van der Waals surface area contributed by atoms with Gasteiger partial charge in [0.05, 0.1) is 23.3 Å². The van der Waals surface area contributed by atoms with Crippen molar-refractivity contribution in [3.05, 3.63) is 151 Å². The van der Waals surface area contributed by atoms with E-state index in [9.17, 15) is 10.5 Å². The van der Waals surface area contributed by atoms with E-state index in [0.29, 0.717) is 39.8 Å². The van der Waals surface area contributed by atoms with E-state index in [1.807, 2.05) is 115 Å². The molecule has 6 nitrogen and oxygen atoms in total. The zero-order valence-corrected chi connectivity index (χ0v) is 24.9. The third-order valence-electron chi connectivity index (χ3n) is 8.16. The highest BCUT2D eigenvalue weighted by Gasteiger charge is 2.21. The minimum atomic E-state index is 0.524. The lowest BCUT2D eigenvalue weighted by Crippen LogP contribution is -2.00. The summed E-state index contributed by atoms with van der Waals surface area (Å²) in [6.07, 6.45) is 0. The van der Waals surface area contributed by atoms with E-state index in [1.165, 1.54) is 0 Å². The molecule has 0 amide bonds. The second-order valence-electron chi connectivity index (χ2n) is 11.1. The Labute approximate surface area is 270 Å². The van der Waals surface area contributed by atoms with Gasteiger partial charge >= 0.3 is 0 Å². The van der Waals surface area contributed by atoms with Gasteiger partial charge in [-0.1, -0.05) is 97.1 Å². The van der Waals surface area contributed by atoms with Gasteiger partial charge in [-0.25, -0.2) is 15.0 Å². The number of benzene rings is 6. The lowest BCUT2D eigenvalue weighted by molar-refractivity contribution is 0.670. The Morgan fingerprint density at radius 1 is 0.447 bits per heavy atom. The van der Waals surface area contributed by atoms with Crippen molar-refractivity contribution in [2.75, 3.05) is 0 Å². The van der Waals surface area contributed by atoms with Gasteiger partial charge < -0.3 is 4.42 Å². The molecule has 0 aliphatic carbocycles. The van der Waals surface area contributed by atoms with Crippen molar-refractivity contribution in [3.8, 4) is 68.6 Å². The topological polar surface area (TPSA) is 99.4 Å². The van der Waals surface area contributed by atoms with Gasteiger partial charge in [0.1, 0.15) is 11.2 Å². The Bertz CT molecular complexity index is 2480. The van der Waals surface area contributed by atoms with Crippen molar-refractivity contribution in [2.24, 2.45) is 0 Å². The minimum Gasteiger partial charge on any atom is -0.455 e. The summed E-state index contributed by atoms with van der Waals surface area (Å²) in [5.41, 5.74) is 8.56. The first kappa shape index (κ1) is 27.6. The maximum atomic E-state index is 9.68. The van der Waals surface area contributed by atoms with Crippen LogP contribution >= 0.6 is 0 Å². The van der Waals surface area contributed by atoms with E-state index in [2.05, 4.69) is 24.3 Å². The molecule has 2 heterocycles. The highest BCUT2D eigenvalue weighted by Crippen LogP contribution is 2.43. The lowest BCUT2D eigenvalue weighted by atomic mass is 9.93. The fourth-order valence-corrected chi connectivity index (χ4v) is 5.95. The van der Waals surface area contributed by atoms with Crippen LogP contribution in [-0.2, 0) is 0 Å². The molecule has 8 aromatic rings. The number of rotatable bonds is 5. The number of nitrogens with zero attached hydrogens (tertiary/aromatic N) is 5. The first-order valence-electron chi connectivity index (χ1n) is 15.1. The van der Waals surface area contributed by atoms with Crippen LogP contribution in [0, 0.1) is 22.7 Å². The molecule has 0 unspecified atom stereocenters. The van der Waals surface area contributed by atoms with E-state index in [1.54, 1.807) is 12.1 Å². The first-order valence-corrected chi connectivity index (χ1v) is 15.1. The molecule has 0 saturated heterocycles. The van der Waals surface area contributed by atoms with Gasteiger partial charge in [-0.3, -0.25) is 0 Å². The Morgan fingerprint density at radius 3 is 1.64 bits per heavy atom. The monoisotopic (exact) mass is 601 g/mol. The smallest absolute Gasteiger partial charge is 0.164 e. The zero-order valence-electron chi connectivity index (χ0n) is 24.9. The second kappa shape index (κ2) is 11.6. The molecule has 8 rings (SSSR count). The van der Waals surface area contributed by atoms with Crippen molar-refractivity contribution in [2.45, 2.75) is 0 Å². The SMILES string of the molecule is N#Cc1cccc(-c2cc(-c3cccc(C#N)c3)c3oc4cccc(-c5nc(-c6ccccc6)nc(-c6ccccc6)n5)c4c3c2)c1. The van der Waals surface area contributed by atoms with Gasteiger partial charge in [-0.2, -0.15) is 10.5 Å². The Hall–Kier alpha value is -6.89. The molecule has 6 heteroatoms. The van der Waals surface area contributed by atoms with E-state index in [4.69, 9.17) is 19.4 Å². The third-order valence-corrected chi connectivity index (χ3v) is 8.16. The highest BCUT2D eigenvalue weighted by atomic mass is 16.3. The molecule has 0 aliphatic rings. The molecular formula is C41H23N5O. The molecule has 0 N–H and O–H groups in total. The summed E-state index contributed by atoms with van der Waals surface area (Å²) in [5, 5.41) is 21.0. The van der Waals surface area contributed by atoms with Gasteiger partial charge in [-0.05, 0) is 59.2 Å². The van der Waals surface area contributed by atoms with Gasteiger partial charge in [0.2, 0.25) is 0 Å². The normalized spacial score (nSPS) is 10.9. The van der Waals surface area contributed by atoms with Crippen LogP contribution < -0.4 is 0 Å². The second-order valence-corrected chi connectivity index (χ2v) is 11.1. The number of fused-ring (bicyclic) bond motifs is 3. The Balaban J connectivity index is 1.44. The fourth-order valence-electron chi connectivity index (χ4n) is 5.95. The lowest BCUT2D eigenvalue weighted by Gasteiger charge is -2.10. The average molecular weight is 602 g/mol. The van der Waals surface area contributed by atoms with Crippen LogP contribution in [0.3, 0.4) is 0 Å². The van der Waals surface area contributed by atoms with Crippen LogP contribution in [0.1, 0.15) is 11.1 Å². The van der Waals surface area contributed by atoms with E-state index >= 15 is 0 Å². The minimum absolute atomic E-state index is 0.524. The maximum Gasteiger partial charge on any atom is 0.164 e. The number of aromatic nitrogens is 3. The molecule has 6 aromatic carbocycles. The van der Waals surface area contributed by atoms with Crippen molar-refractivity contribution in [1.29, 1.82) is 10.5 Å². The van der Waals surface area contributed by atoms with E-state index in [-0.39, 0.29) is 0 Å². The van der Waals surface area contributed by atoms with Crippen LogP contribution in [0.15, 0.2) is 144 Å². The molecule has 47 heavy (non-hydrogen) atoms. The van der Waals surface area contributed by atoms with Crippen molar-refractivity contribution >= 4 is 21.9 Å². The standard InChI is InChI=1S/C41H23N5O/c42-24-26-10-7-16-30(20-26)32-22-34(31-17-8-11-27(21-31)25-43)38-35(23-32)37-33(18-9-19-36(37)47-38)41-45-39(28-12-3-1-4-13-28)44-40(46-41)29-14-5-2-6-15-29/h1-23H. The number of furan rings is 1. The Morgan fingerprint density at radius 2 is 1.00 bits per heavy atom. The number of hydrogen-bond donors (Lipinski definition) is 0. The van der Waals surface area contributed by atoms with Gasteiger partial charge in [-0.15, -0.1) is 0 Å². The summed E-state index contributed by atoms with van der Waals surface area (Å²) in [6.45, 7) is 0. The van der Waals surface area contributed by atoms with Crippen molar-refractivity contribution < 1.29 is 4.42 Å². The molecule has 0 bridgehead atoms. The number of hydrogen-bond acceptors (Lipinski definition) is 6. The molecule has 0 aliphatic heterocycles. The van der Waals surface area contributed by atoms with E-state index < -0.39 is 0 Å². The maximum absolute atomic E-state index is 9.68. The molecule has 0 atom stereocenters. The Kier molecular flexibility index (Phi) is 6.80. The quantitative estimate of drug-likeness (QED) is 0.195. The number of nitriles is 2. The van der Waals surface area contributed by atoms with Crippen molar-refractivity contribution in [3.63, 3.8) is 0 Å². The van der Waals surface area contributed by atoms with Crippen LogP contribution in [0.4, 0.5) is 0 Å². The van der Waals surface area contributed by atoms with Crippen LogP contribution in [0.5, 0.6) is 0 Å².